The van der Waals surface area contributed by atoms with Gasteiger partial charge < -0.3 is 10.1 Å². The Labute approximate surface area is 113 Å². The molecule has 19 heavy (non-hydrogen) atoms. The molecule has 0 aromatic carbocycles. The Morgan fingerprint density at radius 3 is 2.58 bits per heavy atom. The quantitative estimate of drug-likeness (QED) is 0.769. The van der Waals surface area contributed by atoms with Crippen molar-refractivity contribution in [3.05, 3.63) is 0 Å². The van der Waals surface area contributed by atoms with Gasteiger partial charge in [0.05, 0.1) is 19.1 Å². The fraction of sp³-hybridized carbons (Fsp3) is 0.857. The van der Waals surface area contributed by atoms with E-state index in [-0.39, 0.29) is 29.9 Å². The number of imide groups is 1. The van der Waals surface area contributed by atoms with Gasteiger partial charge in [-0.15, -0.1) is 0 Å². The van der Waals surface area contributed by atoms with E-state index in [0.717, 1.165) is 45.1 Å². The average molecular weight is 266 g/mol. The number of carbonyl (C=O) groups is 2. The highest BCUT2D eigenvalue weighted by Gasteiger charge is 2.43. The van der Waals surface area contributed by atoms with Crippen molar-refractivity contribution >= 4 is 11.8 Å². The number of amides is 2. The van der Waals surface area contributed by atoms with Crippen LogP contribution in [0.5, 0.6) is 0 Å². The first kappa shape index (κ1) is 13.1. The number of likely N-dealkylation sites (tertiary alicyclic amines) is 1. The standard InChI is InChI=1S/C14H22N2O3/c17-13-8-12(15-10-4-3-7-19-9-10)14(18)16(13)11-5-1-2-6-11/h10-12,15H,1-9H2. The highest BCUT2D eigenvalue weighted by Crippen LogP contribution is 2.28. The van der Waals surface area contributed by atoms with Gasteiger partial charge in [-0.05, 0) is 25.7 Å². The van der Waals surface area contributed by atoms with Crippen LogP contribution in [0.2, 0.25) is 0 Å². The molecule has 1 saturated carbocycles. The summed E-state index contributed by atoms with van der Waals surface area (Å²) in [6.45, 7) is 1.46. The highest BCUT2D eigenvalue weighted by atomic mass is 16.5. The van der Waals surface area contributed by atoms with Crippen LogP contribution in [-0.4, -0.2) is 48.1 Å². The van der Waals surface area contributed by atoms with Gasteiger partial charge in [0.25, 0.3) is 0 Å². The van der Waals surface area contributed by atoms with E-state index in [9.17, 15) is 9.59 Å². The lowest BCUT2D eigenvalue weighted by Gasteiger charge is -2.26. The predicted octanol–water partition coefficient (Wildman–Crippen LogP) is 0.825. The average Bonchev–Trinajstić information content (AvgIpc) is 3.01. The number of ether oxygens (including phenoxy) is 1. The van der Waals surface area contributed by atoms with E-state index in [0.29, 0.717) is 13.0 Å². The Morgan fingerprint density at radius 2 is 1.89 bits per heavy atom. The third-order valence-corrected chi connectivity index (χ3v) is 4.47. The monoisotopic (exact) mass is 266 g/mol. The van der Waals surface area contributed by atoms with E-state index in [1.165, 1.54) is 4.90 Å². The van der Waals surface area contributed by atoms with E-state index in [2.05, 4.69) is 5.32 Å². The molecule has 2 heterocycles. The SMILES string of the molecule is O=C1CC(NC2CCCOC2)C(=O)N1C1CCCC1. The molecule has 3 rings (SSSR count). The Morgan fingerprint density at radius 1 is 1.11 bits per heavy atom. The first-order valence-corrected chi connectivity index (χ1v) is 7.45. The molecule has 2 atom stereocenters. The Balaban J connectivity index is 1.61. The van der Waals surface area contributed by atoms with Crippen molar-refractivity contribution in [1.82, 2.24) is 10.2 Å². The molecule has 2 unspecified atom stereocenters. The van der Waals surface area contributed by atoms with Gasteiger partial charge in [-0.1, -0.05) is 12.8 Å². The number of carbonyl (C=O) groups excluding carboxylic acids is 2. The third kappa shape index (κ3) is 2.67. The van der Waals surface area contributed by atoms with Crippen molar-refractivity contribution < 1.29 is 14.3 Å². The molecule has 0 aromatic heterocycles. The summed E-state index contributed by atoms with van der Waals surface area (Å²) in [7, 11) is 0. The second kappa shape index (κ2) is 5.59. The topological polar surface area (TPSA) is 58.6 Å². The van der Waals surface area contributed by atoms with Crippen LogP contribution in [0.25, 0.3) is 0 Å². The summed E-state index contributed by atoms with van der Waals surface area (Å²) in [5, 5.41) is 3.31. The molecule has 1 aliphatic carbocycles. The van der Waals surface area contributed by atoms with Crippen LogP contribution >= 0.6 is 0 Å². The van der Waals surface area contributed by atoms with E-state index in [1.807, 2.05) is 0 Å². The second-order valence-electron chi connectivity index (χ2n) is 5.88. The van der Waals surface area contributed by atoms with Gasteiger partial charge >= 0.3 is 0 Å². The van der Waals surface area contributed by atoms with Crippen molar-refractivity contribution in [3.63, 3.8) is 0 Å². The van der Waals surface area contributed by atoms with Crippen molar-refractivity contribution in [1.29, 1.82) is 0 Å². The van der Waals surface area contributed by atoms with E-state index < -0.39 is 0 Å². The number of hydrogen-bond acceptors (Lipinski definition) is 4. The van der Waals surface area contributed by atoms with Gasteiger partial charge in [0.15, 0.2) is 0 Å². The maximum atomic E-state index is 12.4. The van der Waals surface area contributed by atoms with Crippen LogP contribution in [-0.2, 0) is 14.3 Å². The Bertz CT molecular complexity index is 360. The van der Waals surface area contributed by atoms with Crippen molar-refractivity contribution in [2.75, 3.05) is 13.2 Å². The predicted molar refractivity (Wildman–Crippen MR) is 69.5 cm³/mol. The molecule has 3 aliphatic rings. The molecular formula is C14H22N2O3. The molecule has 0 radical (unpaired) electrons. The molecule has 5 nitrogen and oxygen atoms in total. The number of hydrogen-bond donors (Lipinski definition) is 1. The fourth-order valence-electron chi connectivity index (χ4n) is 3.48. The summed E-state index contributed by atoms with van der Waals surface area (Å²) in [5.74, 6) is -0.00592. The van der Waals surface area contributed by atoms with Gasteiger partial charge in [-0.2, -0.15) is 0 Å². The van der Waals surface area contributed by atoms with Gasteiger partial charge in [0.2, 0.25) is 11.8 Å². The van der Waals surface area contributed by atoms with Crippen molar-refractivity contribution in [2.45, 2.75) is 63.1 Å². The van der Waals surface area contributed by atoms with Crippen LogP contribution < -0.4 is 5.32 Å². The minimum absolute atomic E-state index is 0.00567. The first-order chi connectivity index (χ1) is 9.25. The molecule has 106 valence electrons. The van der Waals surface area contributed by atoms with Crippen LogP contribution in [0.3, 0.4) is 0 Å². The number of nitrogens with zero attached hydrogens (tertiary/aromatic N) is 1. The Hall–Kier alpha value is -0.940. The first-order valence-electron chi connectivity index (χ1n) is 7.45. The molecule has 3 fully saturated rings. The van der Waals surface area contributed by atoms with E-state index >= 15 is 0 Å². The second-order valence-corrected chi connectivity index (χ2v) is 5.88. The smallest absolute Gasteiger partial charge is 0.247 e. The lowest BCUT2D eigenvalue weighted by molar-refractivity contribution is -0.141. The minimum Gasteiger partial charge on any atom is -0.380 e. The molecule has 5 heteroatoms. The van der Waals surface area contributed by atoms with Crippen molar-refractivity contribution in [2.24, 2.45) is 0 Å². The van der Waals surface area contributed by atoms with Gasteiger partial charge in [0, 0.05) is 18.7 Å². The summed E-state index contributed by atoms with van der Waals surface area (Å²) in [6.07, 6.45) is 6.62. The zero-order valence-electron chi connectivity index (χ0n) is 11.3. The maximum Gasteiger partial charge on any atom is 0.247 e. The highest BCUT2D eigenvalue weighted by molar-refractivity contribution is 6.05. The zero-order chi connectivity index (χ0) is 13.2. The van der Waals surface area contributed by atoms with E-state index in [4.69, 9.17) is 4.74 Å². The van der Waals surface area contributed by atoms with Gasteiger partial charge in [-0.3, -0.25) is 14.5 Å². The fourth-order valence-corrected chi connectivity index (χ4v) is 3.48. The lowest BCUT2D eigenvalue weighted by atomic mass is 10.1. The molecule has 1 N–H and O–H groups in total. The summed E-state index contributed by atoms with van der Waals surface area (Å²) in [6, 6.07) is 0.0632. The van der Waals surface area contributed by atoms with Crippen LogP contribution in [0.15, 0.2) is 0 Å². The molecule has 2 saturated heterocycles. The molecular weight excluding hydrogens is 244 g/mol. The number of nitrogens with one attached hydrogen (secondary N) is 1. The molecule has 0 aromatic rings. The summed E-state index contributed by atoms with van der Waals surface area (Å²) in [5.41, 5.74) is 0. The normalized spacial score (nSPS) is 33.4. The van der Waals surface area contributed by atoms with Gasteiger partial charge in [0.1, 0.15) is 0 Å². The number of rotatable bonds is 3. The minimum atomic E-state index is -0.320. The Kier molecular flexibility index (Phi) is 3.84. The van der Waals surface area contributed by atoms with Crippen LogP contribution in [0, 0.1) is 0 Å². The van der Waals surface area contributed by atoms with Crippen LogP contribution in [0.4, 0.5) is 0 Å². The third-order valence-electron chi connectivity index (χ3n) is 4.47. The van der Waals surface area contributed by atoms with Crippen LogP contribution in [0.1, 0.15) is 44.9 Å². The molecule has 2 amide bonds. The largest absolute Gasteiger partial charge is 0.380 e. The van der Waals surface area contributed by atoms with Gasteiger partial charge in [-0.25, -0.2) is 0 Å². The summed E-state index contributed by atoms with van der Waals surface area (Å²) < 4.78 is 5.41. The molecule has 0 spiro atoms. The lowest BCUT2D eigenvalue weighted by Crippen LogP contribution is -2.48. The van der Waals surface area contributed by atoms with Crippen molar-refractivity contribution in [3.8, 4) is 0 Å². The zero-order valence-corrected chi connectivity index (χ0v) is 11.3. The summed E-state index contributed by atoms with van der Waals surface area (Å²) >= 11 is 0. The molecule has 2 aliphatic heterocycles. The van der Waals surface area contributed by atoms with E-state index in [1.54, 1.807) is 0 Å². The molecule has 0 bridgehead atoms. The summed E-state index contributed by atoms with van der Waals surface area (Å²) in [4.78, 5) is 26.0. The maximum absolute atomic E-state index is 12.4.